The smallest absolute Gasteiger partial charge is 0.413 e. The van der Waals surface area contributed by atoms with Gasteiger partial charge in [-0.05, 0) is 56.8 Å². The number of aromatic carboxylic acids is 1. The van der Waals surface area contributed by atoms with Crippen LogP contribution < -0.4 is 14.8 Å². The van der Waals surface area contributed by atoms with Crippen molar-refractivity contribution in [1.29, 1.82) is 0 Å². The van der Waals surface area contributed by atoms with Crippen molar-refractivity contribution in [2.75, 3.05) is 26.0 Å². The summed E-state index contributed by atoms with van der Waals surface area (Å²) in [7, 11) is 3.76. The average molecular weight is 466 g/mol. The second-order valence-corrected chi connectivity index (χ2v) is 9.29. The molecule has 2 aliphatic heterocycles. The number of carbonyl (C=O) groups is 2. The molecule has 0 fully saturated rings. The van der Waals surface area contributed by atoms with Gasteiger partial charge in [-0.2, -0.15) is 0 Å². The SMILES string of the molecule is COc1ccc2c3c1OC1(C)CC(OC(=O)Nc4ccc(C(=O)O)cn4)C=CC31CCN(C)C2. The van der Waals surface area contributed by atoms with E-state index in [0.29, 0.717) is 12.2 Å². The van der Waals surface area contributed by atoms with Gasteiger partial charge in [-0.3, -0.25) is 5.32 Å². The number of amides is 1. The van der Waals surface area contributed by atoms with Crippen LogP contribution in [0.1, 0.15) is 41.3 Å². The molecular weight excluding hydrogens is 438 g/mol. The number of hydrogen-bond acceptors (Lipinski definition) is 7. The highest BCUT2D eigenvalue weighted by molar-refractivity contribution is 5.88. The molecule has 3 heterocycles. The van der Waals surface area contributed by atoms with Crippen LogP contribution in [0, 0.1) is 0 Å². The van der Waals surface area contributed by atoms with E-state index in [1.165, 1.54) is 29.5 Å². The zero-order chi connectivity index (χ0) is 24.1. The topological polar surface area (TPSA) is 110 Å². The monoisotopic (exact) mass is 465 g/mol. The third-order valence-electron chi connectivity index (χ3n) is 7.16. The molecule has 3 aliphatic rings. The number of pyridine rings is 1. The lowest BCUT2D eigenvalue weighted by molar-refractivity contribution is -0.00489. The molecule has 3 atom stereocenters. The molecule has 1 aromatic carbocycles. The number of carboxylic acids is 1. The molecule has 1 spiro atoms. The van der Waals surface area contributed by atoms with Gasteiger partial charge in [-0.1, -0.05) is 12.1 Å². The average Bonchev–Trinajstić information content (AvgIpc) is 2.97. The van der Waals surface area contributed by atoms with Gasteiger partial charge >= 0.3 is 12.1 Å². The number of nitrogens with zero attached hydrogens (tertiary/aromatic N) is 2. The van der Waals surface area contributed by atoms with Crippen LogP contribution in [-0.2, 0) is 16.7 Å². The number of nitrogens with one attached hydrogen (secondary N) is 1. The minimum Gasteiger partial charge on any atom is -0.493 e. The number of carbonyl (C=O) groups excluding carboxylic acids is 1. The maximum absolute atomic E-state index is 12.5. The number of ether oxygens (including phenoxy) is 3. The molecule has 3 unspecified atom stereocenters. The van der Waals surface area contributed by atoms with Crippen LogP contribution in [0.15, 0.2) is 42.6 Å². The first kappa shape index (κ1) is 22.2. The number of anilines is 1. The Morgan fingerprint density at radius 3 is 2.82 bits per heavy atom. The molecule has 9 heteroatoms. The highest BCUT2D eigenvalue weighted by Crippen LogP contribution is 2.60. The van der Waals surface area contributed by atoms with Crippen molar-refractivity contribution in [2.24, 2.45) is 0 Å². The van der Waals surface area contributed by atoms with Crippen LogP contribution >= 0.6 is 0 Å². The molecule has 2 aromatic rings. The van der Waals surface area contributed by atoms with Gasteiger partial charge in [0.25, 0.3) is 0 Å². The highest BCUT2D eigenvalue weighted by atomic mass is 16.6. The lowest BCUT2D eigenvalue weighted by Gasteiger charge is -2.44. The van der Waals surface area contributed by atoms with Crippen LogP contribution in [-0.4, -0.2) is 59.5 Å². The fourth-order valence-electron chi connectivity index (χ4n) is 5.43. The van der Waals surface area contributed by atoms with Crippen molar-refractivity contribution in [1.82, 2.24) is 9.88 Å². The summed E-state index contributed by atoms with van der Waals surface area (Å²) >= 11 is 0. The Balaban J connectivity index is 1.39. The molecule has 0 bridgehead atoms. The molecule has 1 aliphatic carbocycles. The summed E-state index contributed by atoms with van der Waals surface area (Å²) in [5, 5.41) is 11.5. The summed E-state index contributed by atoms with van der Waals surface area (Å²) in [6.45, 7) is 3.81. The van der Waals surface area contributed by atoms with Gasteiger partial charge in [0, 0.05) is 24.7 Å². The second kappa shape index (κ2) is 8.02. The molecule has 1 aromatic heterocycles. The minimum absolute atomic E-state index is 0.0362. The van der Waals surface area contributed by atoms with Crippen molar-refractivity contribution < 1.29 is 28.9 Å². The largest absolute Gasteiger partial charge is 0.493 e. The Labute approximate surface area is 197 Å². The maximum Gasteiger partial charge on any atom is 0.413 e. The molecule has 2 N–H and O–H groups in total. The van der Waals surface area contributed by atoms with Crippen molar-refractivity contribution >= 4 is 17.9 Å². The fraction of sp³-hybridized carbons (Fsp3) is 0.400. The number of aromatic nitrogens is 1. The maximum atomic E-state index is 12.5. The molecule has 0 radical (unpaired) electrons. The van der Waals surface area contributed by atoms with Crippen LogP contribution in [0.25, 0.3) is 0 Å². The number of rotatable bonds is 4. The van der Waals surface area contributed by atoms with Gasteiger partial charge in [0.05, 0.1) is 18.1 Å². The number of carboxylic acid groups (broad SMARTS) is 1. The summed E-state index contributed by atoms with van der Waals surface area (Å²) < 4.78 is 17.9. The normalized spacial score (nSPS) is 27.1. The first-order valence-electron chi connectivity index (χ1n) is 11.2. The fourth-order valence-corrected chi connectivity index (χ4v) is 5.43. The predicted octanol–water partition coefficient (Wildman–Crippen LogP) is 3.59. The van der Waals surface area contributed by atoms with Gasteiger partial charge < -0.3 is 24.2 Å². The van der Waals surface area contributed by atoms with Gasteiger partial charge in [0.2, 0.25) is 0 Å². The van der Waals surface area contributed by atoms with Crippen molar-refractivity contribution in [3.63, 3.8) is 0 Å². The number of hydrogen-bond donors (Lipinski definition) is 2. The highest BCUT2D eigenvalue weighted by Gasteiger charge is 2.60. The van der Waals surface area contributed by atoms with Crippen LogP contribution in [0.3, 0.4) is 0 Å². The van der Waals surface area contributed by atoms with E-state index < -0.39 is 23.8 Å². The summed E-state index contributed by atoms with van der Waals surface area (Å²) in [4.78, 5) is 29.8. The summed E-state index contributed by atoms with van der Waals surface area (Å²) in [5.41, 5.74) is 1.46. The van der Waals surface area contributed by atoms with E-state index in [0.717, 1.165) is 25.3 Å². The quantitative estimate of drug-likeness (QED) is 0.660. The zero-order valence-electron chi connectivity index (χ0n) is 19.3. The second-order valence-electron chi connectivity index (χ2n) is 9.29. The van der Waals surface area contributed by atoms with Gasteiger partial charge in [-0.25, -0.2) is 14.6 Å². The van der Waals surface area contributed by atoms with Crippen molar-refractivity contribution in [2.45, 2.75) is 43.4 Å². The van der Waals surface area contributed by atoms with Gasteiger partial charge in [-0.15, -0.1) is 0 Å². The van der Waals surface area contributed by atoms with Gasteiger partial charge in [0.15, 0.2) is 11.5 Å². The van der Waals surface area contributed by atoms with E-state index in [2.05, 4.69) is 41.3 Å². The third kappa shape index (κ3) is 3.47. The Kier molecular flexibility index (Phi) is 5.24. The Morgan fingerprint density at radius 1 is 1.29 bits per heavy atom. The molecular formula is C25H27N3O6. The van der Waals surface area contributed by atoms with Crippen LogP contribution in [0.5, 0.6) is 11.5 Å². The van der Waals surface area contributed by atoms with E-state index in [9.17, 15) is 9.59 Å². The minimum atomic E-state index is -1.09. The third-order valence-corrected chi connectivity index (χ3v) is 7.16. The predicted molar refractivity (Wildman–Crippen MR) is 124 cm³/mol. The lowest BCUT2D eigenvalue weighted by Crippen LogP contribution is -2.53. The van der Waals surface area contributed by atoms with E-state index in [1.807, 2.05) is 12.1 Å². The first-order chi connectivity index (χ1) is 16.2. The van der Waals surface area contributed by atoms with Gasteiger partial charge in [0.1, 0.15) is 17.5 Å². The van der Waals surface area contributed by atoms with E-state index in [1.54, 1.807) is 7.11 Å². The van der Waals surface area contributed by atoms with Crippen LogP contribution in [0.4, 0.5) is 10.6 Å². The lowest BCUT2D eigenvalue weighted by atomic mass is 9.62. The zero-order valence-corrected chi connectivity index (χ0v) is 19.3. The van der Waals surface area contributed by atoms with E-state index >= 15 is 0 Å². The molecule has 0 saturated heterocycles. The number of methoxy groups -OCH3 is 1. The molecule has 34 heavy (non-hydrogen) atoms. The first-order valence-corrected chi connectivity index (χ1v) is 11.2. The molecule has 178 valence electrons. The molecule has 5 rings (SSSR count). The van der Waals surface area contributed by atoms with Crippen molar-refractivity contribution in [3.8, 4) is 11.5 Å². The standard InChI is InChI=1S/C25H27N3O6/c1-24-12-17(33-23(31)27-19-7-5-15(13-26-19)22(29)30)8-9-25(24)10-11-28(2)14-16-4-6-18(32-3)21(34-24)20(16)25/h4-9,13,17H,10-12,14H2,1-3H3,(H,29,30)(H,26,27,31). The Hall–Kier alpha value is -3.59. The Bertz CT molecular complexity index is 1180. The molecule has 0 saturated carbocycles. The number of benzene rings is 1. The van der Waals surface area contributed by atoms with Crippen molar-refractivity contribution in [3.05, 3.63) is 59.3 Å². The van der Waals surface area contributed by atoms with E-state index in [-0.39, 0.29) is 16.8 Å². The van der Waals surface area contributed by atoms with E-state index in [4.69, 9.17) is 19.3 Å². The summed E-state index contributed by atoms with van der Waals surface area (Å²) in [6, 6.07) is 6.86. The Morgan fingerprint density at radius 2 is 2.12 bits per heavy atom. The molecule has 9 nitrogen and oxygen atoms in total. The molecule has 1 amide bonds. The van der Waals surface area contributed by atoms with Crippen LogP contribution in [0.2, 0.25) is 0 Å². The summed E-state index contributed by atoms with van der Waals surface area (Å²) in [5.74, 6) is 0.606. The summed E-state index contributed by atoms with van der Waals surface area (Å²) in [6.07, 6.45) is 5.45.